The Kier molecular flexibility index (Phi) is 5.29. The molecule has 1 saturated heterocycles. The summed E-state index contributed by atoms with van der Waals surface area (Å²) in [5.41, 5.74) is 0.149. The molecule has 1 aliphatic heterocycles. The highest BCUT2D eigenvalue weighted by molar-refractivity contribution is 7.90. The van der Waals surface area contributed by atoms with E-state index in [0.29, 0.717) is 25.1 Å². The fourth-order valence-corrected chi connectivity index (χ4v) is 4.40. The number of rotatable bonds is 4. The van der Waals surface area contributed by atoms with E-state index in [0.717, 1.165) is 0 Å². The largest absolute Gasteiger partial charge is 0.444 e. The fourth-order valence-electron chi connectivity index (χ4n) is 2.62. The smallest absolute Gasteiger partial charge is 0.410 e. The fraction of sp³-hybridized carbons (Fsp3) is 0.625. The van der Waals surface area contributed by atoms with Crippen LogP contribution in [0.1, 0.15) is 32.8 Å². The second-order valence-corrected chi connectivity index (χ2v) is 9.11. The molecule has 0 N–H and O–H groups in total. The van der Waals surface area contributed by atoms with Crippen molar-refractivity contribution in [2.24, 2.45) is 5.92 Å². The molecule has 1 atom stereocenters. The van der Waals surface area contributed by atoms with Gasteiger partial charge in [0.1, 0.15) is 5.60 Å². The van der Waals surface area contributed by atoms with Crippen molar-refractivity contribution in [1.29, 1.82) is 0 Å². The molecule has 2 rings (SSSR count). The van der Waals surface area contributed by atoms with Gasteiger partial charge >= 0.3 is 6.09 Å². The molecule has 1 aliphatic rings. The third-order valence-corrected chi connectivity index (χ3v) is 5.29. The summed E-state index contributed by atoms with van der Waals surface area (Å²) >= 11 is 0. The minimum absolute atomic E-state index is 0.0101. The quantitative estimate of drug-likeness (QED) is 0.840. The lowest BCUT2D eigenvalue weighted by Crippen LogP contribution is -2.35. The lowest BCUT2D eigenvalue weighted by atomic mass is 10.2. The van der Waals surface area contributed by atoms with Gasteiger partial charge in [0.2, 0.25) is 0 Å². The van der Waals surface area contributed by atoms with Gasteiger partial charge in [-0.25, -0.2) is 13.2 Å². The number of amides is 1. The van der Waals surface area contributed by atoms with Crippen molar-refractivity contribution in [3.63, 3.8) is 0 Å². The van der Waals surface area contributed by atoms with Gasteiger partial charge in [-0.05, 0) is 44.7 Å². The Balaban J connectivity index is 1.88. The monoisotopic (exact) mass is 340 g/mol. The van der Waals surface area contributed by atoms with Crippen LogP contribution in [0.5, 0.6) is 0 Å². The number of aromatic nitrogens is 1. The first-order valence-corrected chi connectivity index (χ1v) is 9.54. The zero-order valence-electron chi connectivity index (χ0n) is 13.9. The van der Waals surface area contributed by atoms with Crippen LogP contribution < -0.4 is 0 Å². The molecule has 0 unspecified atom stereocenters. The maximum absolute atomic E-state index is 12.3. The molecular weight excluding hydrogens is 316 g/mol. The molecule has 1 aromatic rings. The van der Waals surface area contributed by atoms with Crippen LogP contribution in [0.2, 0.25) is 0 Å². The summed E-state index contributed by atoms with van der Waals surface area (Å²) in [5.74, 6) is 0.0366. The standard InChI is InChI=1S/C16H24N2O4S/c1-16(2,3)22-15(19)18-8-6-14(10-18)12-23(20,21)11-13-5-4-7-17-9-13/h4-5,7,9,14H,6,8,10-12H2,1-3H3/t14-/m0/s1. The van der Waals surface area contributed by atoms with E-state index in [2.05, 4.69) is 4.98 Å². The third kappa shape index (κ3) is 5.82. The summed E-state index contributed by atoms with van der Waals surface area (Å²) in [7, 11) is -3.22. The van der Waals surface area contributed by atoms with Crippen molar-refractivity contribution in [3.05, 3.63) is 30.1 Å². The average molecular weight is 340 g/mol. The third-order valence-electron chi connectivity index (χ3n) is 3.54. The molecule has 0 aliphatic carbocycles. The number of nitrogens with zero attached hydrogens (tertiary/aromatic N) is 2. The summed E-state index contributed by atoms with van der Waals surface area (Å²) in [6, 6.07) is 3.48. The number of pyridine rings is 1. The van der Waals surface area contributed by atoms with Crippen LogP contribution in [-0.4, -0.2) is 48.8 Å². The molecule has 0 spiro atoms. The number of hydrogen-bond acceptors (Lipinski definition) is 5. The number of hydrogen-bond donors (Lipinski definition) is 0. The Morgan fingerprint density at radius 2 is 2.17 bits per heavy atom. The average Bonchev–Trinajstić information content (AvgIpc) is 2.85. The molecule has 6 nitrogen and oxygen atoms in total. The van der Waals surface area contributed by atoms with Gasteiger partial charge in [0.25, 0.3) is 0 Å². The Morgan fingerprint density at radius 1 is 1.43 bits per heavy atom. The van der Waals surface area contributed by atoms with Gasteiger partial charge in [-0.1, -0.05) is 6.07 Å². The van der Waals surface area contributed by atoms with Crippen molar-refractivity contribution in [2.45, 2.75) is 38.5 Å². The number of ether oxygens (including phenoxy) is 1. The van der Waals surface area contributed by atoms with Gasteiger partial charge in [-0.2, -0.15) is 0 Å². The first kappa shape index (κ1) is 17.7. The van der Waals surface area contributed by atoms with E-state index in [1.165, 1.54) is 0 Å². The van der Waals surface area contributed by atoms with Crippen LogP contribution in [0.3, 0.4) is 0 Å². The van der Waals surface area contributed by atoms with Gasteiger partial charge in [0, 0.05) is 25.5 Å². The van der Waals surface area contributed by atoms with E-state index >= 15 is 0 Å². The molecule has 23 heavy (non-hydrogen) atoms. The lowest BCUT2D eigenvalue weighted by Gasteiger charge is -2.24. The first-order chi connectivity index (χ1) is 10.6. The zero-order valence-corrected chi connectivity index (χ0v) is 14.7. The van der Waals surface area contributed by atoms with Gasteiger partial charge in [0.15, 0.2) is 9.84 Å². The van der Waals surface area contributed by atoms with E-state index in [1.807, 2.05) is 20.8 Å². The second-order valence-electron chi connectivity index (χ2n) is 7.00. The second kappa shape index (κ2) is 6.86. The molecule has 1 aromatic heterocycles. The molecule has 128 valence electrons. The zero-order chi connectivity index (χ0) is 17.1. The Bertz CT molecular complexity index is 638. The highest BCUT2D eigenvalue weighted by Gasteiger charge is 2.32. The van der Waals surface area contributed by atoms with E-state index in [4.69, 9.17) is 4.74 Å². The number of sulfone groups is 1. The van der Waals surface area contributed by atoms with Crippen LogP contribution in [0, 0.1) is 5.92 Å². The van der Waals surface area contributed by atoms with Crippen molar-refractivity contribution in [3.8, 4) is 0 Å². The van der Waals surface area contributed by atoms with Crippen LogP contribution in [0.25, 0.3) is 0 Å². The molecule has 0 bridgehead atoms. The summed E-state index contributed by atoms with van der Waals surface area (Å²) in [6.45, 7) is 6.42. The van der Waals surface area contributed by atoms with Gasteiger partial charge < -0.3 is 9.64 Å². The highest BCUT2D eigenvalue weighted by Crippen LogP contribution is 2.22. The van der Waals surface area contributed by atoms with E-state index < -0.39 is 15.4 Å². The molecule has 7 heteroatoms. The van der Waals surface area contributed by atoms with E-state index in [1.54, 1.807) is 29.4 Å². The molecule has 2 heterocycles. The molecule has 0 aromatic carbocycles. The topological polar surface area (TPSA) is 76.6 Å². The molecule has 0 radical (unpaired) electrons. The van der Waals surface area contributed by atoms with E-state index in [9.17, 15) is 13.2 Å². The van der Waals surface area contributed by atoms with Crippen LogP contribution in [0.15, 0.2) is 24.5 Å². The van der Waals surface area contributed by atoms with Crippen molar-refractivity contribution in [2.75, 3.05) is 18.8 Å². The Labute approximate surface area is 137 Å². The Hall–Kier alpha value is -1.63. The SMILES string of the molecule is CC(C)(C)OC(=O)N1CC[C@H](CS(=O)(=O)Cc2cccnc2)C1. The van der Waals surface area contributed by atoms with E-state index in [-0.39, 0.29) is 23.5 Å². The van der Waals surface area contributed by atoms with Gasteiger partial charge in [-0.15, -0.1) is 0 Å². The Morgan fingerprint density at radius 3 is 2.78 bits per heavy atom. The summed E-state index contributed by atoms with van der Waals surface area (Å²) < 4.78 is 29.9. The lowest BCUT2D eigenvalue weighted by molar-refractivity contribution is 0.0289. The summed E-state index contributed by atoms with van der Waals surface area (Å²) in [4.78, 5) is 17.5. The maximum Gasteiger partial charge on any atom is 0.410 e. The normalized spacial score (nSPS) is 18.9. The first-order valence-electron chi connectivity index (χ1n) is 7.72. The minimum Gasteiger partial charge on any atom is -0.444 e. The van der Waals surface area contributed by atoms with Crippen molar-refractivity contribution >= 4 is 15.9 Å². The summed E-state index contributed by atoms with van der Waals surface area (Å²) in [5, 5.41) is 0. The number of carbonyl (C=O) groups excluding carboxylic acids is 1. The predicted molar refractivity (Wildman–Crippen MR) is 87.6 cm³/mol. The highest BCUT2D eigenvalue weighted by atomic mass is 32.2. The van der Waals surface area contributed by atoms with Gasteiger partial charge in [0.05, 0.1) is 11.5 Å². The van der Waals surface area contributed by atoms with Crippen molar-refractivity contribution in [1.82, 2.24) is 9.88 Å². The predicted octanol–water partition coefficient (Wildman–Crippen LogP) is 2.25. The number of likely N-dealkylation sites (tertiary alicyclic amines) is 1. The van der Waals surface area contributed by atoms with Crippen LogP contribution in [0.4, 0.5) is 4.79 Å². The maximum atomic E-state index is 12.3. The number of carbonyl (C=O) groups is 1. The summed E-state index contributed by atoms with van der Waals surface area (Å²) in [6.07, 6.45) is 3.50. The van der Waals surface area contributed by atoms with Crippen molar-refractivity contribution < 1.29 is 17.9 Å². The molecule has 1 amide bonds. The van der Waals surface area contributed by atoms with Crippen LogP contribution >= 0.6 is 0 Å². The van der Waals surface area contributed by atoms with Crippen LogP contribution in [-0.2, 0) is 20.3 Å². The minimum atomic E-state index is -3.22. The molecule has 1 fully saturated rings. The molecular formula is C16H24N2O4S. The van der Waals surface area contributed by atoms with Gasteiger partial charge in [-0.3, -0.25) is 4.98 Å². The molecule has 0 saturated carbocycles.